The summed E-state index contributed by atoms with van der Waals surface area (Å²) in [5, 5.41) is 4.73. The highest BCUT2D eigenvalue weighted by Gasteiger charge is 2.45. The number of imide groups is 1. The predicted molar refractivity (Wildman–Crippen MR) is 112 cm³/mol. The Morgan fingerprint density at radius 3 is 2.27 bits per heavy atom. The largest absolute Gasteiger partial charge is 0.494 e. The van der Waals surface area contributed by atoms with E-state index in [2.05, 4.69) is 10.6 Å². The molecule has 2 aromatic rings. The molecule has 0 unspecified atom stereocenters. The number of urea groups is 1. The van der Waals surface area contributed by atoms with Crippen molar-refractivity contribution in [1.29, 1.82) is 0 Å². The maximum Gasteiger partial charge on any atom is 0.416 e. The van der Waals surface area contributed by atoms with Crippen molar-refractivity contribution in [3.8, 4) is 17.2 Å². The minimum Gasteiger partial charge on any atom is -0.494 e. The second kappa shape index (κ2) is 9.00. The third-order valence-electron chi connectivity index (χ3n) is 4.69. The Hall–Kier alpha value is -3.76. The minimum absolute atomic E-state index is 0.0574. The molecule has 2 N–H and O–H groups in total. The molecule has 0 spiro atoms. The van der Waals surface area contributed by atoms with Crippen LogP contribution in [0.3, 0.4) is 0 Å². The molecule has 176 valence electrons. The van der Waals surface area contributed by atoms with E-state index in [4.69, 9.17) is 9.47 Å². The van der Waals surface area contributed by atoms with E-state index in [-0.39, 0.29) is 11.4 Å². The van der Waals surface area contributed by atoms with E-state index in [1.165, 1.54) is 13.8 Å². The molecule has 0 saturated carbocycles. The molecule has 1 saturated heterocycles. The van der Waals surface area contributed by atoms with Crippen LogP contribution in [0.15, 0.2) is 42.5 Å². The van der Waals surface area contributed by atoms with E-state index in [1.807, 2.05) is 6.92 Å². The number of halogens is 3. The fourth-order valence-corrected chi connectivity index (χ4v) is 3.09. The van der Waals surface area contributed by atoms with Crippen LogP contribution in [0.4, 0.5) is 23.7 Å². The monoisotopic (exact) mass is 465 g/mol. The Morgan fingerprint density at radius 2 is 1.73 bits per heavy atom. The fourth-order valence-electron chi connectivity index (χ4n) is 3.09. The topological polar surface area (TPSA) is 97.0 Å². The van der Waals surface area contributed by atoms with E-state index in [0.717, 1.165) is 18.2 Å². The normalized spacial score (nSPS) is 15.3. The smallest absolute Gasteiger partial charge is 0.416 e. The third-order valence-corrected chi connectivity index (χ3v) is 4.69. The van der Waals surface area contributed by atoms with Crippen molar-refractivity contribution in [3.05, 3.63) is 48.0 Å². The molecule has 0 atom stereocenters. The Bertz CT molecular complexity index is 1070. The van der Waals surface area contributed by atoms with Crippen molar-refractivity contribution < 1.29 is 37.0 Å². The maximum absolute atomic E-state index is 13.2. The van der Waals surface area contributed by atoms with E-state index in [0.29, 0.717) is 23.0 Å². The maximum atomic E-state index is 13.2. The van der Waals surface area contributed by atoms with Crippen LogP contribution in [-0.4, -0.2) is 41.4 Å². The van der Waals surface area contributed by atoms with Crippen LogP contribution in [0.2, 0.25) is 0 Å². The highest BCUT2D eigenvalue weighted by atomic mass is 19.4. The number of nitrogens with one attached hydrogen (secondary N) is 2. The summed E-state index contributed by atoms with van der Waals surface area (Å²) < 4.78 is 50.7. The van der Waals surface area contributed by atoms with Crippen molar-refractivity contribution in [1.82, 2.24) is 10.2 Å². The lowest BCUT2D eigenvalue weighted by Crippen LogP contribution is -2.41. The van der Waals surface area contributed by atoms with Gasteiger partial charge in [-0.15, -0.1) is 0 Å². The first kappa shape index (κ1) is 23.9. The van der Waals surface area contributed by atoms with Crippen LogP contribution in [0.25, 0.3) is 0 Å². The van der Waals surface area contributed by atoms with Crippen molar-refractivity contribution in [2.75, 3.05) is 18.5 Å². The molecule has 1 heterocycles. The van der Waals surface area contributed by atoms with Crippen LogP contribution < -0.4 is 20.1 Å². The number of nitrogens with zero attached hydrogens (tertiary/aromatic N) is 1. The van der Waals surface area contributed by atoms with Gasteiger partial charge in [0.2, 0.25) is 5.91 Å². The van der Waals surface area contributed by atoms with Crippen LogP contribution in [0.1, 0.15) is 26.3 Å². The van der Waals surface area contributed by atoms with Gasteiger partial charge in [-0.25, -0.2) is 4.79 Å². The molecule has 0 aliphatic carbocycles. The molecule has 3 rings (SSSR count). The average Bonchev–Trinajstić information content (AvgIpc) is 2.91. The number of hydrogen-bond donors (Lipinski definition) is 2. The molecule has 0 radical (unpaired) electrons. The molecule has 2 aromatic carbocycles. The van der Waals surface area contributed by atoms with Gasteiger partial charge in [-0.1, -0.05) is 0 Å². The number of hydrogen-bond acceptors (Lipinski definition) is 5. The summed E-state index contributed by atoms with van der Waals surface area (Å²) in [7, 11) is 0. The lowest BCUT2D eigenvalue weighted by atomic mass is 10.1. The highest BCUT2D eigenvalue weighted by Crippen LogP contribution is 2.37. The van der Waals surface area contributed by atoms with E-state index < -0.39 is 41.7 Å². The van der Waals surface area contributed by atoms with Crippen LogP contribution >= 0.6 is 0 Å². The molecule has 8 nitrogen and oxygen atoms in total. The first-order valence-electron chi connectivity index (χ1n) is 9.96. The number of benzene rings is 2. The van der Waals surface area contributed by atoms with Crippen molar-refractivity contribution in [2.45, 2.75) is 32.5 Å². The van der Waals surface area contributed by atoms with Gasteiger partial charge in [0.25, 0.3) is 5.91 Å². The summed E-state index contributed by atoms with van der Waals surface area (Å²) in [5.41, 5.74) is -2.46. The Morgan fingerprint density at radius 1 is 1.09 bits per heavy atom. The van der Waals surface area contributed by atoms with Gasteiger partial charge in [-0.3, -0.25) is 14.5 Å². The Labute approximate surface area is 187 Å². The lowest BCUT2D eigenvalue weighted by molar-refractivity contribution is -0.137. The zero-order chi connectivity index (χ0) is 24.4. The van der Waals surface area contributed by atoms with Gasteiger partial charge in [-0.05, 0) is 63.2 Å². The van der Waals surface area contributed by atoms with Crippen molar-refractivity contribution in [2.24, 2.45) is 0 Å². The number of amides is 4. The van der Waals surface area contributed by atoms with E-state index >= 15 is 0 Å². The molecule has 0 bridgehead atoms. The van der Waals surface area contributed by atoms with Gasteiger partial charge < -0.3 is 20.1 Å². The molecule has 11 heteroatoms. The summed E-state index contributed by atoms with van der Waals surface area (Å²) in [6.45, 7) is 4.56. The Kier molecular flexibility index (Phi) is 6.52. The molecule has 1 fully saturated rings. The second-order valence-corrected chi connectivity index (χ2v) is 7.71. The van der Waals surface area contributed by atoms with Crippen molar-refractivity contribution in [3.63, 3.8) is 0 Å². The van der Waals surface area contributed by atoms with E-state index in [1.54, 1.807) is 24.3 Å². The molecule has 4 amide bonds. The highest BCUT2D eigenvalue weighted by molar-refractivity contribution is 6.09. The third kappa shape index (κ3) is 5.54. The lowest BCUT2D eigenvalue weighted by Gasteiger charge is -2.18. The number of carbonyl (C=O) groups is 3. The molecule has 1 aliphatic rings. The quantitative estimate of drug-likeness (QED) is 0.599. The van der Waals surface area contributed by atoms with Crippen LogP contribution in [0, 0.1) is 0 Å². The number of rotatable bonds is 7. The van der Waals surface area contributed by atoms with Gasteiger partial charge in [0.1, 0.15) is 23.6 Å². The van der Waals surface area contributed by atoms with Gasteiger partial charge in [0.05, 0.1) is 17.9 Å². The van der Waals surface area contributed by atoms with Gasteiger partial charge in [0.15, 0.2) is 5.75 Å². The summed E-state index contributed by atoms with van der Waals surface area (Å²) in [6, 6.07) is 8.21. The number of anilines is 1. The predicted octanol–water partition coefficient (Wildman–Crippen LogP) is 4.17. The standard InChI is InChI=1S/C22H22F3N3O5/c1-4-32-14-6-8-15(9-7-14)33-17-10-5-13(22(23,24)25)11-16(17)26-18(29)12-28-19(30)21(2,3)27-20(28)31/h5-11H,4,12H2,1-3H3,(H,26,29)(H,27,31). The molecular weight excluding hydrogens is 443 g/mol. The van der Waals surface area contributed by atoms with Crippen LogP contribution in [-0.2, 0) is 15.8 Å². The molecule has 33 heavy (non-hydrogen) atoms. The minimum atomic E-state index is -4.66. The molecule has 0 aromatic heterocycles. The number of carbonyl (C=O) groups excluding carboxylic acids is 3. The van der Waals surface area contributed by atoms with Gasteiger partial charge in [0, 0.05) is 0 Å². The molecule has 1 aliphatic heterocycles. The number of ether oxygens (including phenoxy) is 2. The average molecular weight is 465 g/mol. The van der Waals surface area contributed by atoms with Gasteiger partial charge in [-0.2, -0.15) is 13.2 Å². The first-order valence-corrected chi connectivity index (χ1v) is 9.96. The second-order valence-electron chi connectivity index (χ2n) is 7.71. The SMILES string of the molecule is CCOc1ccc(Oc2ccc(C(F)(F)F)cc2NC(=O)CN2C(=O)NC(C)(C)C2=O)cc1. The van der Waals surface area contributed by atoms with Crippen LogP contribution in [0.5, 0.6) is 17.2 Å². The zero-order valence-corrected chi connectivity index (χ0v) is 18.1. The fraction of sp³-hybridized carbons (Fsp3) is 0.318. The zero-order valence-electron chi connectivity index (χ0n) is 18.1. The Balaban J connectivity index is 1.83. The summed E-state index contributed by atoms with van der Waals surface area (Å²) >= 11 is 0. The van der Waals surface area contributed by atoms with Crippen molar-refractivity contribution >= 4 is 23.5 Å². The summed E-state index contributed by atoms with van der Waals surface area (Å²) in [4.78, 5) is 37.5. The first-order chi connectivity index (χ1) is 15.4. The van der Waals surface area contributed by atoms with E-state index in [9.17, 15) is 27.6 Å². The summed E-state index contributed by atoms with van der Waals surface area (Å²) in [5.74, 6) is -0.672. The summed E-state index contributed by atoms with van der Waals surface area (Å²) in [6.07, 6.45) is -4.66. The van der Waals surface area contributed by atoms with Gasteiger partial charge >= 0.3 is 12.2 Å². The molecular formula is C22H22F3N3O5. The number of alkyl halides is 3.